The van der Waals surface area contributed by atoms with E-state index in [-0.39, 0.29) is 5.82 Å². The molecule has 7 heteroatoms. The van der Waals surface area contributed by atoms with Crippen LogP contribution < -0.4 is 11.4 Å². The van der Waals surface area contributed by atoms with Crippen LogP contribution in [0.25, 0.3) is 0 Å². The van der Waals surface area contributed by atoms with Gasteiger partial charge in [-0.1, -0.05) is 0 Å². The molecule has 1 unspecified atom stereocenters. The maximum absolute atomic E-state index is 13.2. The number of rotatable bonds is 2. The summed E-state index contributed by atoms with van der Waals surface area (Å²) in [5, 5.41) is 8.79. The third-order valence-corrected chi connectivity index (χ3v) is 2.20. The molecule has 0 spiro atoms. The Bertz CT molecular complexity index is 485. The molecule has 6 nitrogen and oxygen atoms in total. The SMILES string of the molecule is Nc1ccn([C@H]2C=C(F)C(CO)O2)c(=O)n1. The smallest absolute Gasteiger partial charge is 0.351 e. The van der Waals surface area contributed by atoms with Crippen molar-refractivity contribution < 1.29 is 14.2 Å². The van der Waals surface area contributed by atoms with E-state index in [9.17, 15) is 9.18 Å². The highest BCUT2D eigenvalue weighted by atomic mass is 19.1. The number of nitrogen functional groups attached to an aromatic ring is 1. The van der Waals surface area contributed by atoms with Gasteiger partial charge in [-0.3, -0.25) is 4.57 Å². The molecule has 2 heterocycles. The van der Waals surface area contributed by atoms with E-state index in [0.717, 1.165) is 10.6 Å². The molecule has 0 saturated heterocycles. The zero-order chi connectivity index (χ0) is 11.7. The third-order valence-electron chi connectivity index (χ3n) is 2.20. The summed E-state index contributed by atoms with van der Waals surface area (Å²) in [6, 6.07) is 1.41. The van der Waals surface area contributed by atoms with Crippen molar-refractivity contribution >= 4 is 5.82 Å². The molecule has 0 saturated carbocycles. The molecule has 3 N–H and O–H groups in total. The van der Waals surface area contributed by atoms with E-state index in [1.165, 1.54) is 12.3 Å². The zero-order valence-electron chi connectivity index (χ0n) is 8.21. The summed E-state index contributed by atoms with van der Waals surface area (Å²) in [5.74, 6) is -0.515. The average Bonchev–Trinajstić information content (AvgIpc) is 2.59. The number of halogens is 1. The molecular weight excluding hydrogens is 217 g/mol. The minimum atomic E-state index is -1.02. The summed E-state index contributed by atoms with van der Waals surface area (Å²) in [6.45, 7) is -0.476. The number of ether oxygens (including phenoxy) is 1. The number of nitrogens with zero attached hydrogens (tertiary/aromatic N) is 2. The van der Waals surface area contributed by atoms with E-state index in [1.54, 1.807) is 0 Å². The molecule has 2 atom stereocenters. The second kappa shape index (κ2) is 4.03. The van der Waals surface area contributed by atoms with Crippen molar-refractivity contribution in [2.24, 2.45) is 0 Å². The lowest BCUT2D eigenvalue weighted by Gasteiger charge is -2.14. The monoisotopic (exact) mass is 227 g/mol. The molecule has 0 radical (unpaired) electrons. The fourth-order valence-electron chi connectivity index (χ4n) is 1.41. The van der Waals surface area contributed by atoms with Crippen LogP contribution in [0.2, 0.25) is 0 Å². The molecule has 0 aromatic carbocycles. The van der Waals surface area contributed by atoms with Gasteiger partial charge >= 0.3 is 5.69 Å². The van der Waals surface area contributed by atoms with Gasteiger partial charge in [0.25, 0.3) is 0 Å². The van der Waals surface area contributed by atoms with Crippen LogP contribution in [0.4, 0.5) is 10.2 Å². The predicted molar refractivity (Wildman–Crippen MR) is 53.1 cm³/mol. The Labute approximate surface area is 89.8 Å². The molecule has 1 aromatic rings. The quantitative estimate of drug-likeness (QED) is 0.715. The van der Waals surface area contributed by atoms with Gasteiger partial charge in [-0.25, -0.2) is 9.18 Å². The summed E-state index contributed by atoms with van der Waals surface area (Å²) in [5.41, 5.74) is 4.68. The van der Waals surface area contributed by atoms with Gasteiger partial charge in [-0.2, -0.15) is 4.98 Å². The highest BCUT2D eigenvalue weighted by Crippen LogP contribution is 2.26. The maximum atomic E-state index is 13.2. The van der Waals surface area contributed by atoms with Gasteiger partial charge in [0.05, 0.1) is 6.61 Å². The van der Waals surface area contributed by atoms with Crippen molar-refractivity contribution in [2.75, 3.05) is 12.3 Å². The van der Waals surface area contributed by atoms with Crippen LogP contribution in [0.15, 0.2) is 29.0 Å². The van der Waals surface area contributed by atoms with Crippen LogP contribution in [-0.2, 0) is 4.74 Å². The Balaban J connectivity index is 2.31. The Morgan fingerprint density at radius 1 is 1.69 bits per heavy atom. The summed E-state index contributed by atoms with van der Waals surface area (Å²) < 4.78 is 19.3. The van der Waals surface area contributed by atoms with Crippen LogP contribution >= 0.6 is 0 Å². The minimum absolute atomic E-state index is 0.0856. The van der Waals surface area contributed by atoms with Gasteiger partial charge in [0.1, 0.15) is 17.7 Å². The molecular formula is C9H10FN3O3. The summed E-state index contributed by atoms with van der Waals surface area (Å²) in [4.78, 5) is 14.9. The lowest BCUT2D eigenvalue weighted by molar-refractivity contribution is -0.0198. The zero-order valence-corrected chi connectivity index (χ0v) is 8.21. The number of hydrogen-bond donors (Lipinski definition) is 2. The lowest BCUT2D eigenvalue weighted by Crippen LogP contribution is -2.28. The molecule has 0 aliphatic carbocycles. The first-order valence-corrected chi connectivity index (χ1v) is 4.60. The summed E-state index contributed by atoms with van der Waals surface area (Å²) >= 11 is 0. The van der Waals surface area contributed by atoms with Crippen molar-refractivity contribution in [3.8, 4) is 0 Å². The molecule has 0 amide bonds. The summed E-state index contributed by atoms with van der Waals surface area (Å²) in [7, 11) is 0. The minimum Gasteiger partial charge on any atom is -0.393 e. The average molecular weight is 227 g/mol. The standard InChI is InChI=1S/C9H10FN3O3/c10-5-3-8(16-6(5)4-14)13-2-1-7(11)12-9(13)15/h1-3,6,8,14H,4H2,(H2,11,12,15)/t6?,8-/m1/s1. The van der Waals surface area contributed by atoms with Gasteiger partial charge in [-0.05, 0) is 12.1 Å². The predicted octanol–water partition coefficient (Wildman–Crippen LogP) is -0.431. The topological polar surface area (TPSA) is 90.4 Å². The van der Waals surface area contributed by atoms with Crippen molar-refractivity contribution in [1.82, 2.24) is 9.55 Å². The number of hydrogen-bond acceptors (Lipinski definition) is 5. The first-order valence-electron chi connectivity index (χ1n) is 4.60. The second-order valence-corrected chi connectivity index (χ2v) is 3.29. The van der Waals surface area contributed by atoms with Gasteiger partial charge in [0.15, 0.2) is 6.23 Å². The lowest BCUT2D eigenvalue weighted by atomic mass is 10.3. The Morgan fingerprint density at radius 2 is 2.44 bits per heavy atom. The number of aliphatic hydroxyl groups is 1. The van der Waals surface area contributed by atoms with Crippen molar-refractivity contribution in [2.45, 2.75) is 12.3 Å². The van der Waals surface area contributed by atoms with E-state index in [0.29, 0.717) is 0 Å². The van der Waals surface area contributed by atoms with Gasteiger partial charge in [0.2, 0.25) is 0 Å². The van der Waals surface area contributed by atoms with Crippen LogP contribution in [0.1, 0.15) is 6.23 Å². The summed E-state index contributed by atoms with van der Waals surface area (Å²) in [6.07, 6.45) is 0.561. The first-order chi connectivity index (χ1) is 7.61. The Morgan fingerprint density at radius 3 is 3.00 bits per heavy atom. The van der Waals surface area contributed by atoms with E-state index in [4.69, 9.17) is 15.6 Å². The van der Waals surface area contributed by atoms with E-state index < -0.39 is 30.5 Å². The van der Waals surface area contributed by atoms with Gasteiger partial charge < -0.3 is 15.6 Å². The number of nitrogens with two attached hydrogens (primary N) is 1. The molecule has 2 rings (SSSR count). The Hall–Kier alpha value is -1.73. The van der Waals surface area contributed by atoms with E-state index >= 15 is 0 Å². The Kier molecular flexibility index (Phi) is 2.71. The second-order valence-electron chi connectivity index (χ2n) is 3.29. The molecule has 1 aromatic heterocycles. The fourth-order valence-corrected chi connectivity index (χ4v) is 1.41. The van der Waals surface area contributed by atoms with Crippen LogP contribution in [-0.4, -0.2) is 27.4 Å². The van der Waals surface area contributed by atoms with Crippen LogP contribution in [0.3, 0.4) is 0 Å². The molecule has 1 aliphatic heterocycles. The first kappa shape index (κ1) is 10.8. The van der Waals surface area contributed by atoms with Crippen LogP contribution in [0, 0.1) is 0 Å². The molecule has 0 bridgehead atoms. The molecule has 0 fully saturated rings. The van der Waals surface area contributed by atoms with E-state index in [1.807, 2.05) is 0 Å². The molecule has 16 heavy (non-hydrogen) atoms. The van der Waals surface area contributed by atoms with Gasteiger partial charge in [-0.15, -0.1) is 0 Å². The van der Waals surface area contributed by atoms with Gasteiger partial charge in [0, 0.05) is 6.20 Å². The number of aromatic nitrogens is 2. The van der Waals surface area contributed by atoms with E-state index in [2.05, 4.69) is 4.98 Å². The maximum Gasteiger partial charge on any atom is 0.351 e. The fraction of sp³-hybridized carbons (Fsp3) is 0.333. The van der Waals surface area contributed by atoms with Crippen molar-refractivity contribution in [3.05, 3.63) is 34.7 Å². The van der Waals surface area contributed by atoms with Crippen molar-refractivity contribution in [1.29, 1.82) is 0 Å². The largest absolute Gasteiger partial charge is 0.393 e. The highest BCUT2D eigenvalue weighted by Gasteiger charge is 2.28. The third kappa shape index (κ3) is 1.82. The molecule has 86 valence electrons. The number of aliphatic hydroxyl groups excluding tert-OH is 1. The van der Waals surface area contributed by atoms with Crippen molar-refractivity contribution in [3.63, 3.8) is 0 Å². The molecule has 1 aliphatic rings. The highest BCUT2D eigenvalue weighted by molar-refractivity contribution is 5.24. The normalized spacial score (nSPS) is 24.5. The van der Waals surface area contributed by atoms with Crippen LogP contribution in [0.5, 0.6) is 0 Å². The number of anilines is 1.